The molecule has 0 bridgehead atoms. The van der Waals surface area contributed by atoms with Crippen LogP contribution >= 0.6 is 35.3 Å². The maximum atomic E-state index is 13.7. The molecule has 34 heavy (non-hydrogen) atoms. The smallest absolute Gasteiger partial charge is 0.278 e. The highest BCUT2D eigenvalue weighted by atomic mass is 32.2. The van der Waals surface area contributed by atoms with Crippen molar-refractivity contribution in [2.75, 3.05) is 5.75 Å². The molecule has 1 aliphatic rings. The minimum Gasteiger partial charge on any atom is -0.353 e. The lowest BCUT2D eigenvalue weighted by Gasteiger charge is -2.22. The van der Waals surface area contributed by atoms with Gasteiger partial charge in [0.05, 0.1) is 11.4 Å². The maximum absolute atomic E-state index is 13.7. The minimum atomic E-state index is -0.183. The molecule has 0 unspecified atom stereocenters. The van der Waals surface area contributed by atoms with Gasteiger partial charge in [0, 0.05) is 11.7 Å². The third kappa shape index (κ3) is 4.73. The van der Waals surface area contributed by atoms with Gasteiger partial charge in [0.1, 0.15) is 4.70 Å². The Kier molecular flexibility index (Phi) is 6.94. The zero-order valence-electron chi connectivity index (χ0n) is 18.5. The van der Waals surface area contributed by atoms with Gasteiger partial charge in [-0.05, 0) is 49.3 Å². The van der Waals surface area contributed by atoms with Crippen molar-refractivity contribution in [1.29, 1.82) is 0 Å². The molecule has 1 saturated carbocycles. The lowest BCUT2D eigenvalue weighted by atomic mass is 9.95. The molecule has 4 aromatic rings. The van der Waals surface area contributed by atoms with Gasteiger partial charge in [-0.2, -0.15) is 0 Å². The van der Waals surface area contributed by atoms with Crippen molar-refractivity contribution in [2.45, 2.75) is 43.3 Å². The normalized spacial score (nSPS) is 14.4. The predicted octanol–water partition coefficient (Wildman–Crippen LogP) is 5.51. The van der Waals surface area contributed by atoms with E-state index in [1.54, 1.807) is 4.57 Å². The molecule has 1 N–H and O–H groups in total. The summed E-state index contributed by atoms with van der Waals surface area (Å²) in [5.41, 5.74) is 1.91. The van der Waals surface area contributed by atoms with Gasteiger partial charge in [-0.25, -0.2) is 4.98 Å². The highest BCUT2D eigenvalue weighted by Crippen LogP contribution is 2.27. The first-order chi connectivity index (χ1) is 16.6. The van der Waals surface area contributed by atoms with Crippen molar-refractivity contribution in [3.8, 4) is 11.4 Å². The number of aromatic nitrogens is 3. The number of fused-ring (bicyclic) bond motifs is 1. The third-order valence-electron chi connectivity index (χ3n) is 5.91. The van der Waals surface area contributed by atoms with Crippen LogP contribution < -0.4 is 10.9 Å². The first-order valence-corrected chi connectivity index (χ1v) is 13.5. The molecule has 2 aromatic heterocycles. The number of para-hydroxylation sites is 2. The quantitative estimate of drug-likeness (QED) is 0.211. The van der Waals surface area contributed by atoms with Crippen LogP contribution in [0, 0.1) is 3.95 Å². The number of nitrogens with zero attached hydrogens (tertiary/aromatic N) is 3. The van der Waals surface area contributed by atoms with Crippen molar-refractivity contribution in [3.05, 3.63) is 75.0 Å². The molecule has 1 fully saturated rings. The summed E-state index contributed by atoms with van der Waals surface area (Å²) in [4.78, 5) is 31.3. The molecule has 1 aliphatic carbocycles. The van der Waals surface area contributed by atoms with Gasteiger partial charge in [-0.3, -0.25) is 18.7 Å². The SMILES string of the molecule is O=C(CSc1nc2c(sc(=S)n2-c2ccccc2)c(=O)n1-c1ccccc1)NC1CCCCC1. The van der Waals surface area contributed by atoms with Crippen molar-refractivity contribution < 1.29 is 4.79 Å². The van der Waals surface area contributed by atoms with Crippen molar-refractivity contribution in [2.24, 2.45) is 0 Å². The topological polar surface area (TPSA) is 68.9 Å². The predicted molar refractivity (Wildman–Crippen MR) is 141 cm³/mol. The van der Waals surface area contributed by atoms with Gasteiger partial charge in [-0.15, -0.1) is 0 Å². The second kappa shape index (κ2) is 10.2. The fourth-order valence-electron chi connectivity index (χ4n) is 4.29. The van der Waals surface area contributed by atoms with Crippen LogP contribution in [0.5, 0.6) is 0 Å². The molecule has 9 heteroatoms. The summed E-state index contributed by atoms with van der Waals surface area (Å²) in [5, 5.41) is 3.62. The van der Waals surface area contributed by atoms with E-state index in [4.69, 9.17) is 17.2 Å². The number of rotatable bonds is 6. The number of carbonyl (C=O) groups excluding carboxylic acids is 1. The number of thioether (sulfide) groups is 1. The van der Waals surface area contributed by atoms with E-state index in [1.807, 2.05) is 65.2 Å². The van der Waals surface area contributed by atoms with E-state index in [1.165, 1.54) is 29.5 Å². The van der Waals surface area contributed by atoms with E-state index >= 15 is 0 Å². The van der Waals surface area contributed by atoms with E-state index in [0.717, 1.165) is 31.4 Å². The molecule has 2 aromatic carbocycles. The average Bonchev–Trinajstić information content (AvgIpc) is 3.20. The summed E-state index contributed by atoms with van der Waals surface area (Å²) in [5.74, 6) is 0.161. The molecule has 0 atom stereocenters. The van der Waals surface area contributed by atoms with Crippen LogP contribution in [0.1, 0.15) is 32.1 Å². The first kappa shape index (κ1) is 23.0. The van der Waals surface area contributed by atoms with Gasteiger partial charge >= 0.3 is 0 Å². The first-order valence-electron chi connectivity index (χ1n) is 11.3. The molecule has 5 rings (SSSR count). The fourth-order valence-corrected chi connectivity index (χ4v) is 6.41. The Morgan fingerprint density at radius 3 is 2.26 bits per heavy atom. The van der Waals surface area contributed by atoms with Crippen molar-refractivity contribution in [3.63, 3.8) is 0 Å². The summed E-state index contributed by atoms with van der Waals surface area (Å²) in [6, 6.07) is 19.3. The number of hydrogen-bond donors (Lipinski definition) is 1. The van der Waals surface area contributed by atoms with Crippen LogP contribution in [-0.2, 0) is 4.79 Å². The second-order valence-electron chi connectivity index (χ2n) is 8.25. The Morgan fingerprint density at radius 1 is 1.00 bits per heavy atom. The standard InChI is InChI=1S/C25H24N4O2S3/c30-20(26-17-10-4-1-5-11-17)16-33-24-27-22-21(23(31)29(24)19-14-8-3-9-15-19)34-25(32)28(22)18-12-6-2-7-13-18/h2-3,6-9,12-15,17H,1,4-5,10-11,16H2,(H,26,30). The van der Waals surface area contributed by atoms with E-state index < -0.39 is 0 Å². The van der Waals surface area contributed by atoms with Gasteiger partial charge < -0.3 is 5.32 Å². The average molecular weight is 509 g/mol. The van der Waals surface area contributed by atoms with E-state index in [9.17, 15) is 9.59 Å². The Labute approximate surface area is 210 Å². The Bertz CT molecular complexity index is 1420. The van der Waals surface area contributed by atoms with Crippen LogP contribution in [0.2, 0.25) is 0 Å². The van der Waals surface area contributed by atoms with Crippen LogP contribution in [0.25, 0.3) is 21.7 Å². The van der Waals surface area contributed by atoms with E-state index in [0.29, 0.717) is 25.1 Å². The number of nitrogens with one attached hydrogen (secondary N) is 1. The summed E-state index contributed by atoms with van der Waals surface area (Å²) >= 11 is 8.15. The minimum absolute atomic E-state index is 0.0314. The number of carbonyl (C=O) groups is 1. The molecule has 0 aliphatic heterocycles. The van der Waals surface area contributed by atoms with E-state index in [2.05, 4.69) is 5.32 Å². The lowest BCUT2D eigenvalue weighted by molar-refractivity contribution is -0.119. The number of thiazole rings is 1. The van der Waals surface area contributed by atoms with Crippen molar-refractivity contribution in [1.82, 2.24) is 19.4 Å². The number of hydrogen-bond acceptors (Lipinski definition) is 6. The molecule has 2 heterocycles. The summed E-state index contributed by atoms with van der Waals surface area (Å²) in [6.45, 7) is 0. The number of amides is 1. The van der Waals surface area contributed by atoms with Gasteiger partial charge in [0.25, 0.3) is 5.56 Å². The molecule has 174 valence electrons. The maximum Gasteiger partial charge on any atom is 0.278 e. The monoisotopic (exact) mass is 508 g/mol. The zero-order chi connectivity index (χ0) is 23.5. The summed E-state index contributed by atoms with van der Waals surface area (Å²) < 4.78 is 4.47. The van der Waals surface area contributed by atoms with E-state index in [-0.39, 0.29) is 23.3 Å². The van der Waals surface area contributed by atoms with Crippen LogP contribution in [0.15, 0.2) is 70.6 Å². The largest absolute Gasteiger partial charge is 0.353 e. The fraction of sp³-hybridized carbons (Fsp3) is 0.280. The van der Waals surface area contributed by atoms with Gasteiger partial charge in [-0.1, -0.05) is 78.8 Å². The highest BCUT2D eigenvalue weighted by Gasteiger charge is 2.21. The Hall–Kier alpha value is -2.75. The van der Waals surface area contributed by atoms with Gasteiger partial charge in [0.15, 0.2) is 14.8 Å². The lowest BCUT2D eigenvalue weighted by Crippen LogP contribution is -2.37. The molecule has 0 saturated heterocycles. The summed E-state index contributed by atoms with van der Waals surface area (Å²) in [6.07, 6.45) is 5.61. The molecular formula is C25H24N4O2S3. The second-order valence-corrected chi connectivity index (χ2v) is 10.8. The highest BCUT2D eigenvalue weighted by molar-refractivity contribution is 7.99. The van der Waals surface area contributed by atoms with Crippen LogP contribution in [0.4, 0.5) is 0 Å². The van der Waals surface area contributed by atoms with Gasteiger partial charge in [0.2, 0.25) is 5.91 Å². The van der Waals surface area contributed by atoms with Crippen LogP contribution in [-0.4, -0.2) is 31.8 Å². The molecule has 6 nitrogen and oxygen atoms in total. The molecule has 1 amide bonds. The van der Waals surface area contributed by atoms with Crippen molar-refractivity contribution >= 4 is 51.6 Å². The Balaban J connectivity index is 1.56. The zero-order valence-corrected chi connectivity index (χ0v) is 20.9. The molecule has 0 spiro atoms. The molecular weight excluding hydrogens is 485 g/mol. The third-order valence-corrected chi connectivity index (χ3v) is 8.20. The van der Waals surface area contributed by atoms with Crippen LogP contribution in [0.3, 0.4) is 0 Å². The molecule has 0 radical (unpaired) electrons. The number of benzene rings is 2. The Morgan fingerprint density at radius 2 is 1.62 bits per heavy atom. The summed E-state index contributed by atoms with van der Waals surface area (Å²) in [7, 11) is 0.